The Hall–Kier alpha value is -3.94. The summed E-state index contributed by atoms with van der Waals surface area (Å²) in [7, 11) is 0. The van der Waals surface area contributed by atoms with Crippen molar-refractivity contribution in [3.05, 3.63) is 65.4 Å². The monoisotopic (exact) mass is 474 g/mol. The molecule has 1 atom stereocenters. The van der Waals surface area contributed by atoms with E-state index in [1.165, 1.54) is 0 Å². The molecular weight excluding hydrogens is 444 g/mol. The molecule has 1 aromatic heterocycles. The molecule has 0 fully saturated rings. The summed E-state index contributed by atoms with van der Waals surface area (Å²) < 4.78 is 6.83. The van der Waals surface area contributed by atoms with E-state index < -0.39 is 6.04 Å². The Morgan fingerprint density at radius 2 is 1.80 bits per heavy atom. The number of anilines is 2. The highest BCUT2D eigenvalue weighted by Gasteiger charge is 2.36. The first kappa shape index (κ1) is 24.2. The number of nitrogens with zero attached hydrogens (tertiary/aromatic N) is 2. The molecule has 8 nitrogen and oxygen atoms in total. The molecule has 1 unspecified atom stereocenters. The fourth-order valence-electron chi connectivity index (χ4n) is 4.06. The molecule has 0 saturated carbocycles. The van der Waals surface area contributed by atoms with Crippen molar-refractivity contribution in [2.45, 2.75) is 52.5 Å². The maximum Gasteiger partial charge on any atom is 0.338 e. The quantitative estimate of drug-likeness (QED) is 0.339. The van der Waals surface area contributed by atoms with E-state index in [4.69, 9.17) is 4.74 Å². The first-order valence-corrected chi connectivity index (χ1v) is 12.0. The lowest BCUT2D eigenvalue weighted by Crippen LogP contribution is -2.24. The number of aromatic nitrogens is 2. The van der Waals surface area contributed by atoms with Crippen LogP contribution in [-0.4, -0.2) is 34.2 Å². The average Bonchev–Trinajstić information content (AvgIpc) is 3.35. The number of ether oxygens (including phenoxy) is 1. The molecule has 2 N–H and O–H groups in total. The number of fused-ring (bicyclic) bond motifs is 1. The SMILES string of the molecule is CCCCOC(=O)c1ccc(NC(=O)CC2C(=O)Nc3c(-c4ccc(C)cc4)c(CC)nn32)cc1. The molecule has 1 aliphatic rings. The number of hydrogen-bond donors (Lipinski definition) is 2. The molecule has 0 aliphatic carbocycles. The van der Waals surface area contributed by atoms with Gasteiger partial charge in [0.15, 0.2) is 0 Å². The lowest BCUT2D eigenvalue weighted by atomic mass is 10.0. The smallest absolute Gasteiger partial charge is 0.338 e. The van der Waals surface area contributed by atoms with Gasteiger partial charge >= 0.3 is 5.97 Å². The van der Waals surface area contributed by atoms with Gasteiger partial charge in [0, 0.05) is 11.3 Å². The van der Waals surface area contributed by atoms with Crippen molar-refractivity contribution in [2.24, 2.45) is 0 Å². The normalized spacial score (nSPS) is 14.4. The van der Waals surface area contributed by atoms with Crippen molar-refractivity contribution in [3.63, 3.8) is 0 Å². The number of amides is 2. The fraction of sp³-hybridized carbons (Fsp3) is 0.333. The summed E-state index contributed by atoms with van der Waals surface area (Å²) in [6.07, 6.45) is 2.41. The van der Waals surface area contributed by atoms with E-state index in [1.54, 1.807) is 28.9 Å². The summed E-state index contributed by atoms with van der Waals surface area (Å²) in [5.74, 6) is -0.341. The van der Waals surface area contributed by atoms with Crippen LogP contribution in [0.3, 0.4) is 0 Å². The summed E-state index contributed by atoms with van der Waals surface area (Å²) >= 11 is 0. The Kier molecular flexibility index (Phi) is 7.29. The number of rotatable bonds is 9. The molecule has 8 heteroatoms. The predicted octanol–water partition coefficient (Wildman–Crippen LogP) is 4.90. The van der Waals surface area contributed by atoms with E-state index in [0.717, 1.165) is 35.2 Å². The largest absolute Gasteiger partial charge is 0.462 e. The molecule has 0 spiro atoms. The van der Waals surface area contributed by atoms with Crippen molar-refractivity contribution in [1.29, 1.82) is 0 Å². The van der Waals surface area contributed by atoms with Crippen molar-refractivity contribution >= 4 is 29.3 Å². The fourth-order valence-corrected chi connectivity index (χ4v) is 4.06. The van der Waals surface area contributed by atoms with Crippen LogP contribution in [-0.2, 0) is 20.7 Å². The molecule has 0 radical (unpaired) electrons. The molecule has 2 heterocycles. The predicted molar refractivity (Wildman–Crippen MR) is 134 cm³/mol. The minimum atomic E-state index is -0.734. The first-order valence-electron chi connectivity index (χ1n) is 12.0. The Morgan fingerprint density at radius 3 is 2.46 bits per heavy atom. The molecule has 182 valence electrons. The Morgan fingerprint density at radius 1 is 1.09 bits per heavy atom. The van der Waals surface area contributed by atoms with Gasteiger partial charge in [0.1, 0.15) is 11.9 Å². The van der Waals surface area contributed by atoms with Crippen molar-refractivity contribution in [2.75, 3.05) is 17.2 Å². The number of carbonyl (C=O) groups is 3. The molecule has 3 aromatic rings. The van der Waals surface area contributed by atoms with Gasteiger partial charge in [-0.15, -0.1) is 0 Å². The van der Waals surface area contributed by atoms with Gasteiger partial charge < -0.3 is 15.4 Å². The van der Waals surface area contributed by atoms with Gasteiger partial charge in [-0.05, 0) is 49.6 Å². The summed E-state index contributed by atoms with van der Waals surface area (Å²) in [6, 6.07) is 13.9. The second-order valence-electron chi connectivity index (χ2n) is 8.66. The minimum absolute atomic E-state index is 0.0577. The topological polar surface area (TPSA) is 102 Å². The molecule has 0 bridgehead atoms. The van der Waals surface area contributed by atoms with Crippen LogP contribution in [0.5, 0.6) is 0 Å². The second-order valence-corrected chi connectivity index (χ2v) is 8.66. The van der Waals surface area contributed by atoms with Crippen LogP contribution in [0.1, 0.15) is 60.8 Å². The number of esters is 1. The molecule has 1 aliphatic heterocycles. The minimum Gasteiger partial charge on any atom is -0.462 e. The van der Waals surface area contributed by atoms with Crippen molar-refractivity contribution in [1.82, 2.24) is 9.78 Å². The van der Waals surface area contributed by atoms with E-state index in [9.17, 15) is 14.4 Å². The summed E-state index contributed by atoms with van der Waals surface area (Å²) in [5.41, 5.74) is 4.85. The molecule has 2 aromatic carbocycles. The van der Waals surface area contributed by atoms with E-state index in [-0.39, 0.29) is 24.2 Å². The van der Waals surface area contributed by atoms with Crippen LogP contribution in [0.4, 0.5) is 11.5 Å². The lowest BCUT2D eigenvalue weighted by Gasteiger charge is -2.11. The summed E-state index contributed by atoms with van der Waals surface area (Å²) in [6.45, 7) is 6.45. The zero-order chi connectivity index (χ0) is 24.9. The maximum absolute atomic E-state index is 12.8. The Balaban J connectivity index is 1.45. The number of unbranched alkanes of at least 4 members (excludes halogenated alkanes) is 1. The highest BCUT2D eigenvalue weighted by Crippen LogP contribution is 2.38. The number of benzene rings is 2. The average molecular weight is 475 g/mol. The Labute approximate surface area is 204 Å². The van der Waals surface area contributed by atoms with Gasteiger partial charge in [-0.2, -0.15) is 5.10 Å². The standard InChI is InChI=1S/C27H30N4O4/c1-4-6-15-35-27(34)19-11-13-20(14-12-19)28-23(32)16-22-26(33)29-25-24(21(5-2)30-31(22)25)18-9-7-17(3)8-10-18/h7-14,22H,4-6,15-16H2,1-3H3,(H,28,32)(H,29,33). The van der Waals surface area contributed by atoms with E-state index in [0.29, 0.717) is 30.1 Å². The second kappa shape index (κ2) is 10.5. The van der Waals surface area contributed by atoms with E-state index in [2.05, 4.69) is 15.7 Å². The van der Waals surface area contributed by atoms with Crippen LogP contribution in [0, 0.1) is 6.92 Å². The van der Waals surface area contributed by atoms with Gasteiger partial charge in [0.2, 0.25) is 5.91 Å². The molecule has 35 heavy (non-hydrogen) atoms. The third-order valence-electron chi connectivity index (χ3n) is 6.01. The Bertz CT molecular complexity index is 1230. The zero-order valence-electron chi connectivity index (χ0n) is 20.3. The first-order chi connectivity index (χ1) is 16.9. The zero-order valence-corrected chi connectivity index (χ0v) is 20.3. The van der Waals surface area contributed by atoms with Crippen LogP contribution in [0.2, 0.25) is 0 Å². The van der Waals surface area contributed by atoms with Gasteiger partial charge in [0.25, 0.3) is 5.91 Å². The molecular formula is C27H30N4O4. The highest BCUT2D eigenvalue weighted by atomic mass is 16.5. The molecule has 4 rings (SSSR count). The summed E-state index contributed by atoms with van der Waals surface area (Å²) in [5, 5.41) is 10.4. The number of carbonyl (C=O) groups excluding carboxylic acids is 3. The highest BCUT2D eigenvalue weighted by molar-refractivity contribution is 6.04. The number of hydrogen-bond acceptors (Lipinski definition) is 5. The maximum atomic E-state index is 12.8. The van der Waals surface area contributed by atoms with Gasteiger partial charge in [-0.25, -0.2) is 9.48 Å². The third kappa shape index (κ3) is 5.26. The van der Waals surface area contributed by atoms with Crippen molar-refractivity contribution in [3.8, 4) is 11.1 Å². The van der Waals surface area contributed by atoms with Crippen LogP contribution >= 0.6 is 0 Å². The third-order valence-corrected chi connectivity index (χ3v) is 6.01. The van der Waals surface area contributed by atoms with Crippen LogP contribution in [0.15, 0.2) is 48.5 Å². The van der Waals surface area contributed by atoms with Crippen LogP contribution < -0.4 is 10.6 Å². The molecule has 2 amide bonds. The number of aryl methyl sites for hydroxylation is 2. The van der Waals surface area contributed by atoms with Gasteiger partial charge in [0.05, 0.1) is 24.3 Å². The molecule has 0 saturated heterocycles. The van der Waals surface area contributed by atoms with Gasteiger partial charge in [-0.3, -0.25) is 9.59 Å². The lowest BCUT2D eigenvalue weighted by molar-refractivity contribution is -0.123. The van der Waals surface area contributed by atoms with E-state index >= 15 is 0 Å². The van der Waals surface area contributed by atoms with Gasteiger partial charge in [-0.1, -0.05) is 50.1 Å². The van der Waals surface area contributed by atoms with E-state index in [1.807, 2.05) is 45.0 Å². The van der Waals surface area contributed by atoms with Crippen molar-refractivity contribution < 1.29 is 19.1 Å². The number of nitrogens with one attached hydrogen (secondary N) is 2. The van der Waals surface area contributed by atoms with Crippen LogP contribution in [0.25, 0.3) is 11.1 Å². The summed E-state index contributed by atoms with van der Waals surface area (Å²) in [4.78, 5) is 37.5.